The highest BCUT2D eigenvalue weighted by atomic mass is 16.5. The van der Waals surface area contributed by atoms with Crippen molar-refractivity contribution in [2.75, 3.05) is 25.1 Å². The normalized spacial score (nSPS) is 11.0. The van der Waals surface area contributed by atoms with Gasteiger partial charge in [-0.3, -0.25) is 4.98 Å². The van der Waals surface area contributed by atoms with Crippen LogP contribution in [0.4, 0.5) is 5.69 Å². The zero-order valence-electron chi connectivity index (χ0n) is 19.0. The van der Waals surface area contributed by atoms with Crippen molar-refractivity contribution in [2.24, 2.45) is 0 Å². The summed E-state index contributed by atoms with van der Waals surface area (Å²) in [4.78, 5) is 19.9. The molecule has 3 rings (SSSR count). The molecule has 0 saturated carbocycles. The number of pyridine rings is 1. The van der Waals surface area contributed by atoms with Gasteiger partial charge in [-0.1, -0.05) is 44.2 Å². The second-order valence-electron chi connectivity index (χ2n) is 7.85. The molecule has 0 N–H and O–H groups in total. The van der Waals surface area contributed by atoms with E-state index >= 15 is 0 Å². The number of anilines is 1. The third kappa shape index (κ3) is 3.91. The summed E-state index contributed by atoms with van der Waals surface area (Å²) in [5, 5.41) is 2.33. The van der Waals surface area contributed by atoms with Crippen LogP contribution >= 0.6 is 0 Å². The van der Waals surface area contributed by atoms with Gasteiger partial charge in [0.1, 0.15) is 0 Å². The van der Waals surface area contributed by atoms with E-state index in [0.717, 1.165) is 59.4 Å². The van der Waals surface area contributed by atoms with Gasteiger partial charge < -0.3 is 9.64 Å². The van der Waals surface area contributed by atoms with Gasteiger partial charge in [0.05, 0.1) is 29.7 Å². The molecule has 1 heterocycles. The monoisotopic (exact) mass is 404 g/mol. The maximum absolute atomic E-state index is 12.3. The summed E-state index contributed by atoms with van der Waals surface area (Å²) in [6.45, 7) is 12.6. The molecular formula is C26H32N2O2. The lowest BCUT2D eigenvalue weighted by atomic mass is 9.91. The summed E-state index contributed by atoms with van der Waals surface area (Å²) in [6.07, 6.45) is 2.18. The zero-order valence-corrected chi connectivity index (χ0v) is 19.0. The van der Waals surface area contributed by atoms with E-state index in [9.17, 15) is 4.79 Å². The number of carbonyl (C=O) groups is 1. The quantitative estimate of drug-likeness (QED) is 0.437. The fraction of sp³-hybridized carbons (Fsp3) is 0.385. The van der Waals surface area contributed by atoms with Crippen molar-refractivity contribution in [1.82, 2.24) is 4.98 Å². The lowest BCUT2D eigenvalue weighted by molar-refractivity contribution is 0.0600. The summed E-state index contributed by atoms with van der Waals surface area (Å²) in [5.74, 6) is -0.316. The average Bonchev–Trinajstić information content (AvgIpc) is 2.73. The number of aryl methyl sites for hydroxylation is 2. The smallest absolute Gasteiger partial charge is 0.338 e. The Balaban J connectivity index is 2.33. The van der Waals surface area contributed by atoms with Crippen LogP contribution < -0.4 is 4.90 Å². The Labute approximate surface area is 179 Å². The number of hydrogen-bond donors (Lipinski definition) is 0. The van der Waals surface area contributed by atoms with Gasteiger partial charge in [-0.05, 0) is 50.8 Å². The van der Waals surface area contributed by atoms with Gasteiger partial charge in [-0.15, -0.1) is 0 Å². The number of rotatable bonds is 7. The Morgan fingerprint density at radius 3 is 2.20 bits per heavy atom. The molecule has 0 amide bonds. The minimum absolute atomic E-state index is 0.316. The molecule has 1 aromatic heterocycles. The van der Waals surface area contributed by atoms with Crippen molar-refractivity contribution in [3.8, 4) is 11.3 Å². The van der Waals surface area contributed by atoms with Crippen LogP contribution in [0.5, 0.6) is 0 Å². The van der Waals surface area contributed by atoms with Crippen molar-refractivity contribution in [1.29, 1.82) is 0 Å². The van der Waals surface area contributed by atoms with E-state index in [1.165, 1.54) is 18.2 Å². The molecular weight excluding hydrogens is 372 g/mol. The molecule has 0 unspecified atom stereocenters. The van der Waals surface area contributed by atoms with E-state index in [2.05, 4.69) is 56.9 Å². The molecule has 0 atom stereocenters. The average molecular weight is 405 g/mol. The fourth-order valence-corrected chi connectivity index (χ4v) is 4.38. The Kier molecular flexibility index (Phi) is 6.76. The van der Waals surface area contributed by atoms with E-state index in [4.69, 9.17) is 9.72 Å². The first kappa shape index (κ1) is 21.8. The number of methoxy groups -OCH3 is 1. The van der Waals surface area contributed by atoms with E-state index < -0.39 is 0 Å². The Morgan fingerprint density at radius 1 is 0.967 bits per heavy atom. The minimum Gasteiger partial charge on any atom is -0.465 e. The number of fused-ring (bicyclic) bond motifs is 1. The molecule has 4 nitrogen and oxygen atoms in total. The van der Waals surface area contributed by atoms with Crippen LogP contribution in [0.3, 0.4) is 0 Å². The lowest BCUT2D eigenvalue weighted by Crippen LogP contribution is -2.26. The maximum Gasteiger partial charge on any atom is 0.338 e. The second kappa shape index (κ2) is 9.29. The third-order valence-electron chi connectivity index (χ3n) is 5.68. The van der Waals surface area contributed by atoms with Crippen LogP contribution in [-0.2, 0) is 4.74 Å². The lowest BCUT2D eigenvalue weighted by Gasteiger charge is -2.28. The van der Waals surface area contributed by atoms with Crippen LogP contribution in [0, 0.1) is 20.8 Å². The van der Waals surface area contributed by atoms with Gasteiger partial charge in [0.15, 0.2) is 0 Å². The van der Waals surface area contributed by atoms with Crippen LogP contribution in [0.1, 0.15) is 53.9 Å². The largest absolute Gasteiger partial charge is 0.465 e. The third-order valence-corrected chi connectivity index (χ3v) is 5.68. The minimum atomic E-state index is -0.316. The molecule has 3 aromatic rings. The SMILES string of the molecule is CCCN(CCC)c1c(C)nc(-c2c(C)ccc(C(=O)OC)c2C)c2ccccc12. The van der Waals surface area contributed by atoms with Crippen molar-refractivity contribution in [3.05, 3.63) is 58.8 Å². The van der Waals surface area contributed by atoms with Gasteiger partial charge >= 0.3 is 5.97 Å². The van der Waals surface area contributed by atoms with Crippen molar-refractivity contribution in [3.63, 3.8) is 0 Å². The van der Waals surface area contributed by atoms with Crippen LogP contribution in [0.15, 0.2) is 36.4 Å². The number of ether oxygens (including phenoxy) is 1. The maximum atomic E-state index is 12.3. The van der Waals surface area contributed by atoms with Crippen LogP contribution in [0.25, 0.3) is 22.0 Å². The van der Waals surface area contributed by atoms with E-state index in [0.29, 0.717) is 5.56 Å². The van der Waals surface area contributed by atoms with Gasteiger partial charge in [0.2, 0.25) is 0 Å². The first-order valence-corrected chi connectivity index (χ1v) is 10.8. The molecule has 0 bridgehead atoms. The molecule has 0 radical (unpaired) electrons. The topological polar surface area (TPSA) is 42.4 Å². The van der Waals surface area contributed by atoms with Gasteiger partial charge in [-0.25, -0.2) is 4.79 Å². The molecule has 0 aliphatic carbocycles. The number of carbonyl (C=O) groups excluding carboxylic acids is 1. The van der Waals surface area contributed by atoms with Crippen molar-refractivity contribution in [2.45, 2.75) is 47.5 Å². The van der Waals surface area contributed by atoms with E-state index in [1.807, 2.05) is 19.1 Å². The fourth-order valence-electron chi connectivity index (χ4n) is 4.38. The number of benzene rings is 2. The predicted molar refractivity (Wildman–Crippen MR) is 126 cm³/mol. The number of hydrogen-bond acceptors (Lipinski definition) is 4. The molecule has 0 spiro atoms. The van der Waals surface area contributed by atoms with Crippen LogP contribution in [-0.4, -0.2) is 31.2 Å². The number of aromatic nitrogens is 1. The van der Waals surface area contributed by atoms with Crippen molar-refractivity contribution < 1.29 is 9.53 Å². The summed E-state index contributed by atoms with van der Waals surface area (Å²) >= 11 is 0. The van der Waals surface area contributed by atoms with Gasteiger partial charge in [0, 0.05) is 29.4 Å². The molecule has 158 valence electrons. The molecule has 0 aliphatic heterocycles. The molecule has 0 aliphatic rings. The van der Waals surface area contributed by atoms with Gasteiger partial charge in [-0.2, -0.15) is 0 Å². The molecule has 30 heavy (non-hydrogen) atoms. The highest BCUT2D eigenvalue weighted by molar-refractivity contribution is 6.05. The van der Waals surface area contributed by atoms with Crippen LogP contribution in [0.2, 0.25) is 0 Å². The second-order valence-corrected chi connectivity index (χ2v) is 7.85. The van der Waals surface area contributed by atoms with Gasteiger partial charge in [0.25, 0.3) is 0 Å². The summed E-state index contributed by atoms with van der Waals surface area (Å²) in [5.41, 5.74) is 6.78. The summed E-state index contributed by atoms with van der Waals surface area (Å²) < 4.78 is 5.00. The zero-order chi connectivity index (χ0) is 21.8. The standard InChI is InChI=1S/C26H32N2O2/c1-7-15-28(16-8-2)25-19(5)27-24(21-11-9-10-12-22(21)25)23-17(3)13-14-20(18(23)4)26(29)30-6/h9-14H,7-8,15-16H2,1-6H3. The molecule has 4 heteroatoms. The highest BCUT2D eigenvalue weighted by Crippen LogP contribution is 2.38. The Bertz CT molecular complexity index is 1070. The van der Waals surface area contributed by atoms with Crippen molar-refractivity contribution >= 4 is 22.4 Å². The molecule has 2 aromatic carbocycles. The first-order valence-electron chi connectivity index (χ1n) is 10.8. The highest BCUT2D eigenvalue weighted by Gasteiger charge is 2.21. The molecule has 0 fully saturated rings. The summed E-state index contributed by atoms with van der Waals surface area (Å²) in [7, 11) is 1.42. The Morgan fingerprint density at radius 2 is 1.60 bits per heavy atom. The molecule has 0 saturated heterocycles. The Hall–Kier alpha value is -2.88. The van der Waals surface area contributed by atoms with E-state index in [-0.39, 0.29) is 5.97 Å². The predicted octanol–water partition coefficient (Wildman–Crippen LogP) is 6.24. The summed E-state index contributed by atoms with van der Waals surface area (Å²) in [6, 6.07) is 12.3. The van der Waals surface area contributed by atoms with E-state index in [1.54, 1.807) is 0 Å². The number of nitrogens with zero attached hydrogens (tertiary/aromatic N) is 2. The first-order chi connectivity index (χ1) is 14.4. The number of esters is 1.